The molecular formula is C15H18N2O6S2. The third-order valence-corrected chi connectivity index (χ3v) is 7.41. The first-order chi connectivity index (χ1) is 11.7. The van der Waals surface area contributed by atoms with Gasteiger partial charge in [0.05, 0.1) is 27.5 Å². The molecule has 3 heterocycles. The van der Waals surface area contributed by atoms with Crippen LogP contribution in [-0.4, -0.2) is 53.3 Å². The van der Waals surface area contributed by atoms with Crippen LogP contribution in [0.25, 0.3) is 10.6 Å². The molecule has 2 aromatic heterocycles. The van der Waals surface area contributed by atoms with Crippen molar-refractivity contribution in [1.82, 2.24) is 9.46 Å². The summed E-state index contributed by atoms with van der Waals surface area (Å²) in [6, 6.07) is 3.26. The van der Waals surface area contributed by atoms with Gasteiger partial charge in [-0.15, -0.1) is 11.3 Å². The Morgan fingerprint density at radius 2 is 2.12 bits per heavy atom. The standard InChI is InChI=1S/C15H18N2O6S2/c1-8-5-12(23-16-8)13-6-14(9(2)24-13)25(21,22)17-4-3-10(15(19)20)11(18)7-17/h5-6,10-11,18H,3-4,7H2,1-2H3,(H,19,20). The van der Waals surface area contributed by atoms with Gasteiger partial charge in [-0.3, -0.25) is 4.79 Å². The van der Waals surface area contributed by atoms with Crippen LogP contribution >= 0.6 is 11.3 Å². The molecule has 0 spiro atoms. The van der Waals surface area contributed by atoms with Crippen molar-refractivity contribution in [2.45, 2.75) is 31.3 Å². The molecule has 136 valence electrons. The van der Waals surface area contributed by atoms with Crippen LogP contribution in [-0.2, 0) is 14.8 Å². The number of piperidine rings is 1. The molecule has 25 heavy (non-hydrogen) atoms. The summed E-state index contributed by atoms with van der Waals surface area (Å²) in [5, 5.41) is 22.8. The van der Waals surface area contributed by atoms with E-state index in [1.54, 1.807) is 19.9 Å². The molecule has 3 rings (SSSR count). The first kappa shape index (κ1) is 18.1. The Bertz CT molecular complexity index is 901. The number of carbonyl (C=O) groups is 1. The number of thiophene rings is 1. The fraction of sp³-hybridized carbons (Fsp3) is 0.467. The molecule has 0 amide bonds. The Morgan fingerprint density at radius 3 is 2.68 bits per heavy atom. The second kappa shape index (κ2) is 6.52. The summed E-state index contributed by atoms with van der Waals surface area (Å²) < 4.78 is 32.1. The van der Waals surface area contributed by atoms with Gasteiger partial charge in [0, 0.05) is 24.0 Å². The molecular weight excluding hydrogens is 368 g/mol. The van der Waals surface area contributed by atoms with Crippen molar-refractivity contribution in [3.8, 4) is 10.6 Å². The molecule has 0 aromatic carbocycles. The summed E-state index contributed by atoms with van der Waals surface area (Å²) in [6.07, 6.45) is -1.15. The average Bonchev–Trinajstić information content (AvgIpc) is 3.13. The molecule has 0 saturated carbocycles. The number of aliphatic hydroxyl groups excluding tert-OH is 1. The highest BCUT2D eigenvalue weighted by molar-refractivity contribution is 7.89. The number of carboxylic acids is 1. The number of hydrogen-bond acceptors (Lipinski definition) is 7. The minimum atomic E-state index is -3.83. The maximum Gasteiger partial charge on any atom is 0.309 e. The predicted molar refractivity (Wildman–Crippen MR) is 89.8 cm³/mol. The van der Waals surface area contributed by atoms with Gasteiger partial charge in [0.1, 0.15) is 0 Å². The fourth-order valence-electron chi connectivity index (χ4n) is 2.87. The number of sulfonamides is 1. The number of aryl methyl sites for hydroxylation is 2. The van der Waals surface area contributed by atoms with E-state index in [4.69, 9.17) is 9.63 Å². The maximum atomic E-state index is 12.9. The molecule has 1 aliphatic heterocycles. The van der Waals surface area contributed by atoms with Gasteiger partial charge in [-0.05, 0) is 26.3 Å². The maximum absolute atomic E-state index is 12.9. The lowest BCUT2D eigenvalue weighted by Crippen LogP contribution is -2.48. The van der Waals surface area contributed by atoms with Crippen LogP contribution in [0.3, 0.4) is 0 Å². The molecule has 1 fully saturated rings. The van der Waals surface area contributed by atoms with E-state index in [0.29, 0.717) is 21.2 Å². The van der Waals surface area contributed by atoms with Crippen molar-refractivity contribution in [2.24, 2.45) is 5.92 Å². The largest absolute Gasteiger partial charge is 0.481 e. The van der Waals surface area contributed by atoms with Crippen LogP contribution in [0, 0.1) is 19.8 Å². The number of aliphatic carboxylic acids is 1. The van der Waals surface area contributed by atoms with Crippen molar-refractivity contribution < 1.29 is 27.9 Å². The van der Waals surface area contributed by atoms with Crippen LogP contribution < -0.4 is 0 Å². The van der Waals surface area contributed by atoms with E-state index in [1.165, 1.54) is 17.4 Å². The lowest BCUT2D eigenvalue weighted by Gasteiger charge is -2.33. The van der Waals surface area contributed by atoms with Crippen LogP contribution in [0.15, 0.2) is 21.6 Å². The summed E-state index contributed by atoms with van der Waals surface area (Å²) in [6.45, 7) is 3.30. The Morgan fingerprint density at radius 1 is 1.40 bits per heavy atom. The molecule has 0 radical (unpaired) electrons. The number of aliphatic hydroxyl groups is 1. The van der Waals surface area contributed by atoms with E-state index < -0.39 is 28.0 Å². The Labute approximate surface area is 148 Å². The van der Waals surface area contributed by atoms with Gasteiger partial charge in [0.2, 0.25) is 10.0 Å². The zero-order valence-electron chi connectivity index (χ0n) is 13.7. The number of nitrogens with zero attached hydrogens (tertiary/aromatic N) is 2. The van der Waals surface area contributed by atoms with Crippen molar-refractivity contribution in [1.29, 1.82) is 0 Å². The topological polar surface area (TPSA) is 121 Å². The average molecular weight is 386 g/mol. The van der Waals surface area contributed by atoms with E-state index in [1.807, 2.05) is 0 Å². The van der Waals surface area contributed by atoms with Crippen LogP contribution in [0.2, 0.25) is 0 Å². The van der Waals surface area contributed by atoms with E-state index in [9.17, 15) is 18.3 Å². The van der Waals surface area contributed by atoms with Crippen molar-refractivity contribution >= 4 is 27.3 Å². The number of rotatable bonds is 4. The Balaban J connectivity index is 1.88. The Kier molecular flexibility index (Phi) is 4.71. The predicted octanol–water partition coefficient (Wildman–Crippen LogP) is 1.48. The lowest BCUT2D eigenvalue weighted by atomic mass is 9.95. The number of aromatic nitrogens is 1. The molecule has 2 atom stereocenters. The molecule has 0 aliphatic carbocycles. The summed E-state index contributed by atoms with van der Waals surface area (Å²) in [5.74, 6) is -1.56. The van der Waals surface area contributed by atoms with Gasteiger partial charge >= 0.3 is 5.97 Å². The molecule has 10 heteroatoms. The van der Waals surface area contributed by atoms with E-state index in [2.05, 4.69) is 5.16 Å². The molecule has 2 N–H and O–H groups in total. The van der Waals surface area contributed by atoms with E-state index in [0.717, 1.165) is 4.31 Å². The van der Waals surface area contributed by atoms with Gasteiger partial charge in [-0.25, -0.2) is 8.42 Å². The van der Waals surface area contributed by atoms with E-state index in [-0.39, 0.29) is 24.4 Å². The van der Waals surface area contributed by atoms with Crippen LogP contribution in [0.5, 0.6) is 0 Å². The monoisotopic (exact) mass is 386 g/mol. The molecule has 1 saturated heterocycles. The first-order valence-corrected chi connectivity index (χ1v) is 9.91. The normalized spacial score (nSPS) is 22.2. The number of hydrogen-bond donors (Lipinski definition) is 2. The highest BCUT2D eigenvalue weighted by Crippen LogP contribution is 2.36. The molecule has 2 aromatic rings. The van der Waals surface area contributed by atoms with Crippen molar-refractivity contribution in [3.05, 3.63) is 22.7 Å². The zero-order chi connectivity index (χ0) is 18.4. The quantitative estimate of drug-likeness (QED) is 0.816. The molecule has 2 unspecified atom stereocenters. The Hall–Kier alpha value is -1.75. The third kappa shape index (κ3) is 3.34. The second-order valence-corrected chi connectivity index (χ2v) is 9.19. The zero-order valence-corrected chi connectivity index (χ0v) is 15.3. The van der Waals surface area contributed by atoms with Crippen LogP contribution in [0.4, 0.5) is 0 Å². The highest BCUT2D eigenvalue weighted by atomic mass is 32.2. The number of β-amino-alcohol motifs (C(OH)–C–C–N with tert-alkyl or cyclic N) is 1. The van der Waals surface area contributed by atoms with Crippen molar-refractivity contribution in [3.63, 3.8) is 0 Å². The van der Waals surface area contributed by atoms with Gasteiger partial charge in [-0.1, -0.05) is 5.16 Å². The highest BCUT2D eigenvalue weighted by Gasteiger charge is 2.39. The van der Waals surface area contributed by atoms with Gasteiger partial charge in [0.15, 0.2) is 5.76 Å². The molecule has 8 nitrogen and oxygen atoms in total. The lowest BCUT2D eigenvalue weighted by molar-refractivity contribution is -0.147. The summed E-state index contributed by atoms with van der Waals surface area (Å²) in [4.78, 5) is 12.5. The fourth-order valence-corrected chi connectivity index (χ4v) is 5.85. The summed E-state index contributed by atoms with van der Waals surface area (Å²) in [5.41, 5.74) is 0.698. The van der Waals surface area contributed by atoms with E-state index >= 15 is 0 Å². The summed E-state index contributed by atoms with van der Waals surface area (Å²) >= 11 is 1.28. The first-order valence-electron chi connectivity index (χ1n) is 7.65. The SMILES string of the molecule is Cc1cc(-c2cc(S(=O)(=O)N3CCC(C(=O)O)C(O)C3)c(C)s2)on1. The van der Waals surface area contributed by atoms with Crippen molar-refractivity contribution in [2.75, 3.05) is 13.1 Å². The van der Waals surface area contributed by atoms with Gasteiger partial charge in [-0.2, -0.15) is 4.31 Å². The van der Waals surface area contributed by atoms with Crippen LogP contribution in [0.1, 0.15) is 17.0 Å². The number of carboxylic acid groups (broad SMARTS) is 1. The van der Waals surface area contributed by atoms with Gasteiger partial charge in [0.25, 0.3) is 0 Å². The minimum absolute atomic E-state index is 0.0579. The second-order valence-electron chi connectivity index (χ2n) is 6.03. The smallest absolute Gasteiger partial charge is 0.309 e. The summed E-state index contributed by atoms with van der Waals surface area (Å²) in [7, 11) is -3.83. The minimum Gasteiger partial charge on any atom is -0.481 e. The van der Waals surface area contributed by atoms with Gasteiger partial charge < -0.3 is 14.7 Å². The molecule has 0 bridgehead atoms. The molecule has 1 aliphatic rings. The third-order valence-electron chi connectivity index (χ3n) is 4.22.